The molecule has 0 spiro atoms. The molecule has 2 saturated carbocycles. The van der Waals surface area contributed by atoms with Crippen molar-refractivity contribution in [3.05, 3.63) is 66.7 Å². The Morgan fingerprint density at radius 1 is 1.09 bits per heavy atom. The Labute approximate surface area is 209 Å². The summed E-state index contributed by atoms with van der Waals surface area (Å²) in [7, 11) is 0. The number of allylic oxidation sites excluding steroid dienone is 2. The van der Waals surface area contributed by atoms with Gasteiger partial charge in [0.05, 0.1) is 0 Å². The molecule has 3 nitrogen and oxygen atoms in total. The van der Waals surface area contributed by atoms with Gasteiger partial charge in [0, 0.05) is 29.9 Å². The average Bonchev–Trinajstić information content (AvgIpc) is 3.70. The van der Waals surface area contributed by atoms with Crippen LogP contribution in [0.25, 0.3) is 0 Å². The Balaban J connectivity index is 0.000000235. The summed E-state index contributed by atoms with van der Waals surface area (Å²) in [6, 6.07) is 7.77. The average molecular weight is 493 g/mol. The van der Waals surface area contributed by atoms with E-state index in [-0.39, 0.29) is 11.5 Å². The molecule has 0 bridgehead atoms. The molecule has 0 aromatic carbocycles. The molecule has 35 heavy (non-hydrogen) atoms. The van der Waals surface area contributed by atoms with Crippen LogP contribution in [-0.4, -0.2) is 38.9 Å². The van der Waals surface area contributed by atoms with E-state index in [2.05, 4.69) is 34.8 Å². The van der Waals surface area contributed by atoms with Gasteiger partial charge in [-0.2, -0.15) is 13.2 Å². The van der Waals surface area contributed by atoms with Crippen LogP contribution in [0.2, 0.25) is 0 Å². The number of nitrogens with zero attached hydrogens (tertiary/aromatic N) is 2. The van der Waals surface area contributed by atoms with E-state index >= 15 is 0 Å². The fraction of sp³-hybridized carbons (Fsp3) is 0.621. The fourth-order valence-corrected chi connectivity index (χ4v) is 4.75. The Morgan fingerprint density at radius 3 is 2.37 bits per heavy atom. The largest absolute Gasteiger partial charge is 0.421 e. The minimum atomic E-state index is -4.63. The standard InChI is InChI=1S/C16H22N2.C11H15F3O.C2H6/c1-2-18(14-9-10-14)15-7-5-6-13(12-15)16-8-3-4-11-17-16;1-8-4-3-5-9(7-6-8)10(2,15)11(12,13)14;1-2/h2-4,8,11,13-15H,1,5-7,9-10,12H2;5-8,15H,3-4H2,1-2H3;1-2H3/t13?,15-;8?,10-;/m10./s1. The van der Waals surface area contributed by atoms with Gasteiger partial charge in [-0.1, -0.05) is 58.1 Å². The van der Waals surface area contributed by atoms with Gasteiger partial charge in [-0.15, -0.1) is 0 Å². The Kier molecular flexibility index (Phi) is 11.1. The highest BCUT2D eigenvalue weighted by atomic mass is 19.4. The maximum absolute atomic E-state index is 12.5. The highest BCUT2D eigenvalue weighted by Crippen LogP contribution is 2.39. The van der Waals surface area contributed by atoms with Crippen LogP contribution in [0.1, 0.15) is 90.7 Å². The van der Waals surface area contributed by atoms with E-state index in [1.54, 1.807) is 6.08 Å². The molecule has 3 aliphatic rings. The number of hydrogen-bond acceptors (Lipinski definition) is 3. The molecule has 3 aliphatic carbocycles. The van der Waals surface area contributed by atoms with Crippen LogP contribution >= 0.6 is 0 Å². The van der Waals surface area contributed by atoms with Gasteiger partial charge in [0.15, 0.2) is 5.60 Å². The highest BCUT2D eigenvalue weighted by Gasteiger charge is 2.51. The van der Waals surface area contributed by atoms with Crippen LogP contribution in [0.15, 0.2) is 61.0 Å². The summed E-state index contributed by atoms with van der Waals surface area (Å²) >= 11 is 0. The van der Waals surface area contributed by atoms with E-state index in [1.807, 2.05) is 33.0 Å². The first-order valence-corrected chi connectivity index (χ1v) is 13.1. The number of alkyl halides is 3. The summed E-state index contributed by atoms with van der Waals surface area (Å²) in [5, 5.41) is 9.44. The molecular weight excluding hydrogens is 449 g/mol. The maximum atomic E-state index is 12.5. The van der Waals surface area contributed by atoms with Gasteiger partial charge in [-0.3, -0.25) is 4.98 Å². The van der Waals surface area contributed by atoms with Crippen molar-refractivity contribution < 1.29 is 18.3 Å². The predicted octanol–water partition coefficient (Wildman–Crippen LogP) is 7.95. The predicted molar refractivity (Wildman–Crippen MR) is 138 cm³/mol. The second-order valence-electron chi connectivity index (χ2n) is 9.78. The quantitative estimate of drug-likeness (QED) is 0.453. The molecule has 0 radical (unpaired) electrons. The minimum absolute atomic E-state index is 0.0562. The van der Waals surface area contributed by atoms with Gasteiger partial charge in [0.2, 0.25) is 0 Å². The van der Waals surface area contributed by atoms with Crippen LogP contribution in [0.3, 0.4) is 0 Å². The van der Waals surface area contributed by atoms with E-state index in [0.29, 0.717) is 18.4 Å². The van der Waals surface area contributed by atoms with Gasteiger partial charge < -0.3 is 10.0 Å². The lowest BCUT2D eigenvalue weighted by atomic mass is 9.83. The third-order valence-corrected chi connectivity index (χ3v) is 7.06. The molecule has 0 aliphatic heterocycles. The third-order valence-electron chi connectivity index (χ3n) is 7.06. The van der Waals surface area contributed by atoms with Gasteiger partial charge in [-0.05, 0) is 81.7 Å². The topological polar surface area (TPSA) is 36.4 Å². The lowest BCUT2D eigenvalue weighted by molar-refractivity contribution is -0.235. The lowest BCUT2D eigenvalue weighted by Gasteiger charge is -2.37. The van der Waals surface area contributed by atoms with Crippen LogP contribution in [0, 0.1) is 5.92 Å². The van der Waals surface area contributed by atoms with Crippen LogP contribution in [0.4, 0.5) is 13.2 Å². The van der Waals surface area contributed by atoms with Gasteiger partial charge in [0.25, 0.3) is 0 Å². The molecule has 0 saturated heterocycles. The molecule has 1 heterocycles. The molecule has 1 aromatic heterocycles. The van der Waals surface area contributed by atoms with Crippen molar-refractivity contribution in [1.29, 1.82) is 0 Å². The van der Waals surface area contributed by atoms with Crippen LogP contribution < -0.4 is 0 Å². The van der Waals surface area contributed by atoms with Crippen molar-refractivity contribution >= 4 is 0 Å². The molecule has 4 rings (SSSR count). The third kappa shape index (κ3) is 8.23. The van der Waals surface area contributed by atoms with E-state index in [9.17, 15) is 18.3 Å². The zero-order valence-corrected chi connectivity index (χ0v) is 21.8. The second-order valence-corrected chi connectivity index (χ2v) is 9.78. The van der Waals surface area contributed by atoms with E-state index in [0.717, 1.165) is 19.4 Å². The van der Waals surface area contributed by atoms with Crippen LogP contribution in [-0.2, 0) is 0 Å². The van der Waals surface area contributed by atoms with E-state index < -0.39 is 11.8 Å². The molecular formula is C29H43F3N2O. The summed E-state index contributed by atoms with van der Waals surface area (Å²) in [5.74, 6) is 0.897. The zero-order chi connectivity index (χ0) is 26.1. The summed E-state index contributed by atoms with van der Waals surface area (Å²) < 4.78 is 37.6. The molecule has 2 fully saturated rings. The van der Waals surface area contributed by atoms with Gasteiger partial charge in [0.1, 0.15) is 0 Å². The summed E-state index contributed by atoms with van der Waals surface area (Å²) in [6.07, 6.45) is 13.2. The molecule has 1 aromatic rings. The zero-order valence-electron chi connectivity index (χ0n) is 21.8. The molecule has 4 atom stereocenters. The lowest BCUT2D eigenvalue weighted by Crippen LogP contribution is -2.43. The number of halogens is 3. The molecule has 1 N–H and O–H groups in total. The Bertz CT molecular complexity index is 828. The van der Waals surface area contributed by atoms with Crippen molar-refractivity contribution in [1.82, 2.24) is 9.88 Å². The summed E-state index contributed by atoms with van der Waals surface area (Å²) in [5.41, 5.74) is -1.52. The molecule has 196 valence electrons. The first-order valence-electron chi connectivity index (χ1n) is 13.1. The summed E-state index contributed by atoms with van der Waals surface area (Å²) in [6.45, 7) is 10.7. The Hall–Kier alpha value is -2.08. The van der Waals surface area contributed by atoms with Crippen molar-refractivity contribution in [3.63, 3.8) is 0 Å². The molecule has 2 unspecified atom stereocenters. The smallest absolute Gasteiger partial charge is 0.376 e. The first kappa shape index (κ1) is 29.2. The van der Waals surface area contributed by atoms with E-state index in [4.69, 9.17) is 0 Å². The summed E-state index contributed by atoms with van der Waals surface area (Å²) in [4.78, 5) is 7.06. The number of aliphatic hydroxyl groups is 1. The second kappa shape index (κ2) is 13.3. The minimum Gasteiger partial charge on any atom is -0.376 e. The van der Waals surface area contributed by atoms with Crippen molar-refractivity contribution in [2.24, 2.45) is 5.92 Å². The monoisotopic (exact) mass is 492 g/mol. The van der Waals surface area contributed by atoms with E-state index in [1.165, 1.54) is 56.4 Å². The molecule has 0 amide bonds. The first-order chi connectivity index (χ1) is 16.6. The Morgan fingerprint density at radius 2 is 1.80 bits per heavy atom. The van der Waals surface area contributed by atoms with Gasteiger partial charge >= 0.3 is 6.18 Å². The highest BCUT2D eigenvalue weighted by molar-refractivity contribution is 5.31. The molecule has 6 heteroatoms. The van der Waals surface area contributed by atoms with Crippen molar-refractivity contribution in [2.75, 3.05) is 0 Å². The normalized spacial score (nSPS) is 25.9. The van der Waals surface area contributed by atoms with Crippen LogP contribution in [0.5, 0.6) is 0 Å². The SMILES string of the molecule is C=CN(C1CC1)[C@@H]1CCCC(c2ccccn2)C1.CC.CC1C=CC([C@](C)(O)C(F)(F)F)=CCC1. The number of pyridine rings is 1. The number of hydrogen-bond donors (Lipinski definition) is 1. The maximum Gasteiger partial charge on any atom is 0.421 e. The number of aromatic nitrogens is 1. The van der Waals surface area contributed by atoms with Crippen molar-refractivity contribution in [3.8, 4) is 0 Å². The fourth-order valence-electron chi connectivity index (χ4n) is 4.75. The van der Waals surface area contributed by atoms with Crippen molar-refractivity contribution in [2.45, 2.75) is 109 Å². The number of rotatable bonds is 5. The van der Waals surface area contributed by atoms with Gasteiger partial charge in [-0.25, -0.2) is 0 Å².